The lowest BCUT2D eigenvalue weighted by Crippen LogP contribution is -1.98. The van der Waals surface area contributed by atoms with Crippen LogP contribution in [-0.4, -0.2) is 40.1 Å². The highest BCUT2D eigenvalue weighted by molar-refractivity contribution is 5.97. The first-order valence-corrected chi connectivity index (χ1v) is 11.7. The number of hydrogen-bond acceptors (Lipinski definition) is 7. The highest BCUT2D eigenvalue weighted by Gasteiger charge is 2.16. The molecule has 0 aliphatic rings. The van der Waals surface area contributed by atoms with Gasteiger partial charge in [-0.1, -0.05) is 19.9 Å². The van der Waals surface area contributed by atoms with Crippen LogP contribution in [0.3, 0.4) is 0 Å². The maximum atomic E-state index is 4.90. The first-order valence-electron chi connectivity index (χ1n) is 11.7. The second kappa shape index (κ2) is 9.03. The number of fused-ring (bicyclic) bond motifs is 2. The molecular formula is C27H23N9. The highest BCUT2D eigenvalue weighted by Crippen LogP contribution is 2.32. The molecule has 6 rings (SSSR count). The van der Waals surface area contributed by atoms with Crippen molar-refractivity contribution in [1.29, 1.82) is 0 Å². The van der Waals surface area contributed by atoms with E-state index in [0.29, 0.717) is 11.5 Å². The van der Waals surface area contributed by atoms with Gasteiger partial charge >= 0.3 is 0 Å². The number of rotatable bonds is 7. The molecule has 6 heterocycles. The van der Waals surface area contributed by atoms with E-state index >= 15 is 0 Å². The van der Waals surface area contributed by atoms with Crippen LogP contribution in [0, 0.1) is 0 Å². The lowest BCUT2D eigenvalue weighted by atomic mass is 10.1. The number of allylic oxidation sites excluding steroid dienone is 1. The Hall–Kier alpha value is -4.92. The summed E-state index contributed by atoms with van der Waals surface area (Å²) in [5, 5.41) is 11.9. The van der Waals surface area contributed by atoms with Gasteiger partial charge in [0.1, 0.15) is 5.69 Å². The molecule has 0 aromatic carbocycles. The molecule has 3 N–H and O–H groups in total. The highest BCUT2D eigenvalue weighted by atomic mass is 15.1. The predicted molar refractivity (Wildman–Crippen MR) is 141 cm³/mol. The number of aromatic amines is 2. The molecule has 9 heteroatoms. The van der Waals surface area contributed by atoms with Gasteiger partial charge in [-0.2, -0.15) is 5.10 Å². The van der Waals surface area contributed by atoms with Crippen LogP contribution in [0.25, 0.3) is 55.8 Å². The van der Waals surface area contributed by atoms with Crippen molar-refractivity contribution >= 4 is 27.6 Å². The molecule has 0 unspecified atom stereocenters. The fraction of sp³-hybridized carbons (Fsp3) is 0.111. The molecule has 0 fully saturated rings. The van der Waals surface area contributed by atoms with Crippen LogP contribution in [0.15, 0.2) is 79.9 Å². The summed E-state index contributed by atoms with van der Waals surface area (Å²) in [5.74, 6) is 0.654. The van der Waals surface area contributed by atoms with Gasteiger partial charge in [0.05, 0.1) is 46.5 Å². The van der Waals surface area contributed by atoms with Gasteiger partial charge in [-0.05, 0) is 36.2 Å². The van der Waals surface area contributed by atoms with Gasteiger partial charge in [-0.3, -0.25) is 25.0 Å². The van der Waals surface area contributed by atoms with Crippen LogP contribution in [0.4, 0.5) is 5.69 Å². The predicted octanol–water partition coefficient (Wildman–Crippen LogP) is 5.75. The number of aromatic nitrogens is 8. The van der Waals surface area contributed by atoms with Crippen molar-refractivity contribution in [2.75, 3.05) is 5.32 Å². The third-order valence-electron chi connectivity index (χ3n) is 5.96. The summed E-state index contributed by atoms with van der Waals surface area (Å²) >= 11 is 0. The Morgan fingerprint density at radius 3 is 2.67 bits per heavy atom. The second-order valence-electron chi connectivity index (χ2n) is 8.53. The molecule has 0 aliphatic carbocycles. The van der Waals surface area contributed by atoms with Gasteiger partial charge in [0.2, 0.25) is 0 Å². The Labute approximate surface area is 206 Å². The van der Waals surface area contributed by atoms with Gasteiger partial charge < -0.3 is 10.3 Å². The Bertz CT molecular complexity index is 1700. The molecule has 0 radical (unpaired) electrons. The standard InChI is InChI=1S/C27H23N9/c1-3-4-16(2)32-19-9-18(11-29-12-19)22-10-20-23(15-31-22)35-36-26(20)27-33-24-14-30-13-21(25(24)34-27)17-5-7-28-8-6-17/h5-15,32H,2-4H2,1H3,(H,33,34)(H,35,36). The summed E-state index contributed by atoms with van der Waals surface area (Å²) in [6.07, 6.45) is 14.4. The first-order chi connectivity index (χ1) is 17.7. The zero-order valence-electron chi connectivity index (χ0n) is 19.7. The van der Waals surface area contributed by atoms with Crippen molar-refractivity contribution in [3.05, 3.63) is 79.9 Å². The number of nitrogens with zero attached hydrogens (tertiary/aromatic N) is 6. The maximum Gasteiger partial charge on any atom is 0.159 e. The molecule has 6 aromatic heterocycles. The summed E-state index contributed by atoms with van der Waals surface area (Å²) in [7, 11) is 0. The average Bonchev–Trinajstić information content (AvgIpc) is 3.53. The van der Waals surface area contributed by atoms with E-state index in [9.17, 15) is 0 Å². The van der Waals surface area contributed by atoms with Crippen molar-refractivity contribution in [3.63, 3.8) is 0 Å². The van der Waals surface area contributed by atoms with E-state index in [2.05, 4.69) is 53.9 Å². The second-order valence-corrected chi connectivity index (χ2v) is 8.53. The number of anilines is 1. The molecule has 0 bridgehead atoms. The number of imidazole rings is 1. The van der Waals surface area contributed by atoms with E-state index in [1.165, 1.54) is 0 Å². The van der Waals surface area contributed by atoms with Crippen LogP contribution in [0.2, 0.25) is 0 Å². The molecular weight excluding hydrogens is 450 g/mol. The number of nitrogens with one attached hydrogen (secondary N) is 3. The normalized spacial score (nSPS) is 11.2. The Kier molecular flexibility index (Phi) is 5.42. The number of hydrogen-bond donors (Lipinski definition) is 3. The molecule has 0 saturated heterocycles. The SMILES string of the molecule is C=C(CCC)Nc1cncc(-c2cc3c(-c4nc5c(-c6ccncc6)cncc5[nH]4)n[nH]c3cn2)c1. The van der Waals surface area contributed by atoms with Crippen molar-refractivity contribution in [2.45, 2.75) is 19.8 Å². The quantitative estimate of drug-likeness (QED) is 0.270. The summed E-state index contributed by atoms with van der Waals surface area (Å²) in [6, 6.07) is 7.92. The lowest BCUT2D eigenvalue weighted by molar-refractivity contribution is 0.913. The molecule has 0 spiro atoms. The van der Waals surface area contributed by atoms with E-state index in [1.54, 1.807) is 37.2 Å². The smallest absolute Gasteiger partial charge is 0.159 e. The number of H-pyrrole nitrogens is 2. The molecule has 9 nitrogen and oxygen atoms in total. The Balaban J connectivity index is 1.40. The fourth-order valence-corrected chi connectivity index (χ4v) is 4.26. The van der Waals surface area contributed by atoms with Crippen LogP contribution in [0.5, 0.6) is 0 Å². The van der Waals surface area contributed by atoms with Crippen molar-refractivity contribution in [1.82, 2.24) is 40.1 Å². The topological polar surface area (TPSA) is 121 Å². The zero-order chi connectivity index (χ0) is 24.5. The first kappa shape index (κ1) is 21.6. The van der Waals surface area contributed by atoms with Gasteiger partial charge in [0.25, 0.3) is 0 Å². The molecule has 0 saturated carbocycles. The van der Waals surface area contributed by atoms with Crippen molar-refractivity contribution < 1.29 is 0 Å². The maximum absolute atomic E-state index is 4.90. The van der Waals surface area contributed by atoms with E-state index < -0.39 is 0 Å². The Morgan fingerprint density at radius 2 is 1.81 bits per heavy atom. The summed E-state index contributed by atoms with van der Waals surface area (Å²) in [5.41, 5.74) is 8.65. The van der Waals surface area contributed by atoms with Gasteiger partial charge in [-0.15, -0.1) is 0 Å². The van der Waals surface area contributed by atoms with Gasteiger partial charge in [0.15, 0.2) is 5.82 Å². The third-order valence-corrected chi connectivity index (χ3v) is 5.96. The third kappa shape index (κ3) is 3.96. The summed E-state index contributed by atoms with van der Waals surface area (Å²) in [6.45, 7) is 6.21. The van der Waals surface area contributed by atoms with E-state index in [4.69, 9.17) is 4.98 Å². The molecule has 0 aliphatic heterocycles. The lowest BCUT2D eigenvalue weighted by Gasteiger charge is -2.09. The molecule has 36 heavy (non-hydrogen) atoms. The molecule has 6 aromatic rings. The zero-order valence-corrected chi connectivity index (χ0v) is 19.7. The van der Waals surface area contributed by atoms with Crippen molar-refractivity contribution in [2.24, 2.45) is 0 Å². The summed E-state index contributed by atoms with van der Waals surface area (Å²) < 4.78 is 0. The molecule has 176 valence electrons. The van der Waals surface area contributed by atoms with Crippen LogP contribution < -0.4 is 5.32 Å². The largest absolute Gasteiger partial charge is 0.358 e. The van der Waals surface area contributed by atoms with Gasteiger partial charge in [-0.25, -0.2) is 4.98 Å². The number of pyridine rings is 4. The van der Waals surface area contributed by atoms with Crippen LogP contribution in [-0.2, 0) is 0 Å². The Morgan fingerprint density at radius 1 is 0.944 bits per heavy atom. The molecule has 0 amide bonds. The van der Waals surface area contributed by atoms with E-state index in [-0.39, 0.29) is 0 Å². The minimum Gasteiger partial charge on any atom is -0.358 e. The van der Waals surface area contributed by atoms with E-state index in [0.717, 1.165) is 68.5 Å². The van der Waals surface area contributed by atoms with Crippen molar-refractivity contribution in [3.8, 4) is 33.9 Å². The van der Waals surface area contributed by atoms with Crippen LogP contribution >= 0.6 is 0 Å². The minimum absolute atomic E-state index is 0.654. The monoisotopic (exact) mass is 473 g/mol. The van der Waals surface area contributed by atoms with Gasteiger partial charge in [0, 0.05) is 47.0 Å². The fourth-order valence-electron chi connectivity index (χ4n) is 4.26. The summed E-state index contributed by atoms with van der Waals surface area (Å²) in [4.78, 5) is 25.8. The average molecular weight is 474 g/mol. The minimum atomic E-state index is 0.654. The van der Waals surface area contributed by atoms with E-state index in [1.807, 2.05) is 30.5 Å². The van der Waals surface area contributed by atoms with Crippen LogP contribution in [0.1, 0.15) is 19.8 Å². The molecule has 0 atom stereocenters.